The quantitative estimate of drug-likeness (QED) is 0.702. The van der Waals surface area contributed by atoms with Gasteiger partial charge in [0.2, 0.25) is 5.91 Å². The maximum atomic E-state index is 11.6. The number of likely N-dealkylation sites (N-methyl/N-ethyl adjacent to an activating group) is 1. The van der Waals surface area contributed by atoms with Crippen molar-refractivity contribution in [1.29, 1.82) is 5.26 Å². The van der Waals surface area contributed by atoms with Crippen molar-refractivity contribution in [2.75, 3.05) is 27.2 Å². The Morgan fingerprint density at radius 2 is 2.00 bits per heavy atom. The topological polar surface area (TPSA) is 68.2 Å². The number of hydrogen-bond acceptors (Lipinski definition) is 4. The predicted molar refractivity (Wildman–Crippen MR) is 68.5 cm³/mol. The normalized spacial score (nSPS) is 13.2. The summed E-state index contributed by atoms with van der Waals surface area (Å²) in [6.07, 6.45) is 0.196. The number of carbonyl (C=O) groups excluding carboxylic acids is 1. The first-order valence-corrected chi connectivity index (χ1v) is 5.83. The number of nitrogens with zero attached hydrogens (tertiary/aromatic N) is 2. The van der Waals surface area contributed by atoms with Crippen LogP contribution in [0.2, 0.25) is 0 Å². The molecule has 0 aromatic rings. The van der Waals surface area contributed by atoms with Gasteiger partial charge in [-0.2, -0.15) is 5.26 Å². The highest BCUT2D eigenvalue weighted by atomic mass is 16.1. The molecule has 0 heterocycles. The van der Waals surface area contributed by atoms with Gasteiger partial charge >= 0.3 is 0 Å². The van der Waals surface area contributed by atoms with E-state index < -0.39 is 6.04 Å². The zero-order chi connectivity index (χ0) is 13.5. The van der Waals surface area contributed by atoms with E-state index in [0.717, 1.165) is 6.54 Å². The lowest BCUT2D eigenvalue weighted by Gasteiger charge is -2.21. The Labute approximate surface area is 104 Å². The predicted octanol–water partition coefficient (Wildman–Crippen LogP) is 0.335. The van der Waals surface area contributed by atoms with Crippen molar-refractivity contribution in [1.82, 2.24) is 15.5 Å². The zero-order valence-corrected chi connectivity index (χ0v) is 11.5. The molecule has 5 nitrogen and oxygen atoms in total. The second-order valence-electron chi connectivity index (χ2n) is 5.44. The van der Waals surface area contributed by atoms with E-state index in [1.165, 1.54) is 0 Å². The number of amides is 1. The number of hydrogen-bond donors (Lipinski definition) is 2. The Hall–Kier alpha value is -1.12. The minimum atomic E-state index is -0.419. The third-order valence-electron chi connectivity index (χ3n) is 2.01. The van der Waals surface area contributed by atoms with Gasteiger partial charge in [-0.15, -0.1) is 0 Å². The van der Waals surface area contributed by atoms with E-state index in [-0.39, 0.29) is 17.9 Å². The summed E-state index contributed by atoms with van der Waals surface area (Å²) in [7, 11) is 3.94. The fourth-order valence-corrected chi connectivity index (χ4v) is 1.28. The van der Waals surface area contributed by atoms with Gasteiger partial charge in [-0.3, -0.25) is 4.79 Å². The SMILES string of the molecule is CN(C)CCNC(C#N)CC(=O)NC(C)(C)C. The largest absolute Gasteiger partial charge is 0.351 e. The minimum Gasteiger partial charge on any atom is -0.351 e. The van der Waals surface area contributed by atoms with Crippen LogP contribution in [0.25, 0.3) is 0 Å². The first-order valence-electron chi connectivity index (χ1n) is 5.83. The van der Waals surface area contributed by atoms with E-state index >= 15 is 0 Å². The third-order valence-corrected chi connectivity index (χ3v) is 2.01. The monoisotopic (exact) mass is 240 g/mol. The summed E-state index contributed by atoms with van der Waals surface area (Å²) in [4.78, 5) is 13.6. The van der Waals surface area contributed by atoms with Crippen LogP contribution in [0.15, 0.2) is 0 Å². The maximum absolute atomic E-state index is 11.6. The lowest BCUT2D eigenvalue weighted by Crippen LogP contribution is -2.44. The molecule has 5 heteroatoms. The molecule has 0 aliphatic carbocycles. The van der Waals surface area contributed by atoms with Gasteiger partial charge in [-0.05, 0) is 34.9 Å². The lowest BCUT2D eigenvalue weighted by molar-refractivity contribution is -0.122. The molecule has 1 atom stereocenters. The van der Waals surface area contributed by atoms with E-state index in [1.54, 1.807) is 0 Å². The molecule has 17 heavy (non-hydrogen) atoms. The highest BCUT2D eigenvalue weighted by Gasteiger charge is 2.17. The molecule has 0 saturated heterocycles. The summed E-state index contributed by atoms with van der Waals surface area (Å²) in [6, 6.07) is 1.68. The molecule has 0 spiro atoms. The molecule has 1 unspecified atom stereocenters. The summed E-state index contributed by atoms with van der Waals surface area (Å²) in [5, 5.41) is 14.8. The molecule has 98 valence electrons. The first kappa shape index (κ1) is 15.9. The smallest absolute Gasteiger partial charge is 0.223 e. The van der Waals surface area contributed by atoms with Gasteiger partial charge in [0.15, 0.2) is 0 Å². The van der Waals surface area contributed by atoms with Gasteiger partial charge in [0.25, 0.3) is 0 Å². The molecule has 0 saturated carbocycles. The molecule has 0 aliphatic heterocycles. The van der Waals surface area contributed by atoms with E-state index in [9.17, 15) is 4.79 Å². The van der Waals surface area contributed by atoms with E-state index in [4.69, 9.17) is 5.26 Å². The van der Waals surface area contributed by atoms with Crippen LogP contribution in [-0.4, -0.2) is 49.6 Å². The van der Waals surface area contributed by atoms with Crippen molar-refractivity contribution in [3.8, 4) is 6.07 Å². The van der Waals surface area contributed by atoms with Crippen LogP contribution < -0.4 is 10.6 Å². The molecule has 0 aliphatic rings. The van der Waals surface area contributed by atoms with Crippen molar-refractivity contribution in [3.63, 3.8) is 0 Å². The third kappa shape index (κ3) is 9.79. The average molecular weight is 240 g/mol. The van der Waals surface area contributed by atoms with Crippen molar-refractivity contribution in [2.24, 2.45) is 0 Å². The van der Waals surface area contributed by atoms with Gasteiger partial charge in [0.1, 0.15) is 6.04 Å². The summed E-state index contributed by atoms with van der Waals surface area (Å²) in [5.74, 6) is -0.0959. The van der Waals surface area contributed by atoms with Gasteiger partial charge in [0.05, 0.1) is 12.5 Å². The van der Waals surface area contributed by atoms with E-state index in [2.05, 4.69) is 16.7 Å². The Morgan fingerprint density at radius 3 is 2.41 bits per heavy atom. The van der Waals surface area contributed by atoms with Crippen LogP contribution in [-0.2, 0) is 4.79 Å². The van der Waals surface area contributed by atoms with E-state index in [0.29, 0.717) is 6.54 Å². The lowest BCUT2D eigenvalue weighted by atomic mass is 10.1. The van der Waals surface area contributed by atoms with Crippen molar-refractivity contribution in [3.05, 3.63) is 0 Å². The van der Waals surface area contributed by atoms with Gasteiger partial charge < -0.3 is 15.5 Å². The highest BCUT2D eigenvalue weighted by Crippen LogP contribution is 2.00. The Bertz CT molecular complexity index is 275. The summed E-state index contributed by atoms with van der Waals surface area (Å²) in [6.45, 7) is 7.32. The van der Waals surface area contributed by atoms with Crippen LogP contribution >= 0.6 is 0 Å². The molecule has 0 bridgehead atoms. The van der Waals surface area contributed by atoms with Crippen LogP contribution in [0.5, 0.6) is 0 Å². The number of carbonyl (C=O) groups is 1. The summed E-state index contributed by atoms with van der Waals surface area (Å²) >= 11 is 0. The minimum absolute atomic E-state index is 0.0959. The molecular formula is C12H24N4O. The van der Waals surface area contributed by atoms with Crippen LogP contribution in [0, 0.1) is 11.3 Å². The molecule has 0 fully saturated rings. The molecular weight excluding hydrogens is 216 g/mol. The number of nitriles is 1. The second kappa shape index (κ2) is 7.25. The fourth-order valence-electron chi connectivity index (χ4n) is 1.28. The molecule has 0 aromatic carbocycles. The molecule has 0 rings (SSSR count). The Balaban J connectivity index is 3.97. The molecule has 1 amide bonds. The van der Waals surface area contributed by atoms with Crippen molar-refractivity contribution < 1.29 is 4.79 Å². The molecule has 2 N–H and O–H groups in total. The van der Waals surface area contributed by atoms with Crippen molar-refractivity contribution >= 4 is 5.91 Å². The van der Waals surface area contributed by atoms with Crippen LogP contribution in [0.1, 0.15) is 27.2 Å². The molecule has 0 aromatic heterocycles. The van der Waals surface area contributed by atoms with E-state index in [1.807, 2.05) is 39.8 Å². The Morgan fingerprint density at radius 1 is 1.41 bits per heavy atom. The van der Waals surface area contributed by atoms with Gasteiger partial charge in [-0.1, -0.05) is 0 Å². The Kier molecular flexibility index (Phi) is 6.78. The standard InChI is InChI=1S/C12H24N4O/c1-12(2,3)15-11(17)8-10(9-13)14-6-7-16(4)5/h10,14H,6-8H2,1-5H3,(H,15,17). The number of rotatable bonds is 6. The summed E-state index contributed by atoms with van der Waals surface area (Å²) < 4.78 is 0. The first-order chi connectivity index (χ1) is 7.74. The van der Waals surface area contributed by atoms with Crippen molar-refractivity contribution in [2.45, 2.75) is 38.8 Å². The maximum Gasteiger partial charge on any atom is 0.223 e. The second-order valence-corrected chi connectivity index (χ2v) is 5.44. The average Bonchev–Trinajstić information content (AvgIpc) is 2.12. The van der Waals surface area contributed by atoms with Crippen LogP contribution in [0.4, 0.5) is 0 Å². The molecule has 0 radical (unpaired) electrons. The number of nitrogens with one attached hydrogen (secondary N) is 2. The fraction of sp³-hybridized carbons (Fsp3) is 0.833. The van der Waals surface area contributed by atoms with Gasteiger partial charge in [0, 0.05) is 18.6 Å². The zero-order valence-electron chi connectivity index (χ0n) is 11.5. The van der Waals surface area contributed by atoms with Gasteiger partial charge in [-0.25, -0.2) is 0 Å². The summed E-state index contributed by atoms with van der Waals surface area (Å²) in [5.41, 5.74) is -0.249. The van der Waals surface area contributed by atoms with Crippen LogP contribution in [0.3, 0.4) is 0 Å². The highest BCUT2D eigenvalue weighted by molar-refractivity contribution is 5.77.